The molecular weight excluding hydrogens is 194 g/mol. The first-order valence-electron chi connectivity index (χ1n) is 5.42. The van der Waals surface area contributed by atoms with Gasteiger partial charge in [0, 0.05) is 12.6 Å². The Morgan fingerprint density at radius 3 is 2.73 bits per heavy atom. The number of hydrazine groups is 1. The van der Waals surface area contributed by atoms with Crippen LogP contribution in [0, 0.1) is 0 Å². The molecule has 0 radical (unpaired) electrons. The summed E-state index contributed by atoms with van der Waals surface area (Å²) in [6, 6.07) is 0.297. The summed E-state index contributed by atoms with van der Waals surface area (Å²) in [6.45, 7) is 7.47. The van der Waals surface area contributed by atoms with Crippen LogP contribution in [-0.4, -0.2) is 30.8 Å². The van der Waals surface area contributed by atoms with Gasteiger partial charge in [0.1, 0.15) is 5.60 Å². The molecule has 1 amide bonds. The zero-order chi connectivity index (χ0) is 11.3. The SMILES string of the molecule is CC(C)(C)OC(=O)NN[C@@H]1CCCNC1. The van der Waals surface area contributed by atoms with Crippen molar-refractivity contribution in [3.8, 4) is 0 Å². The monoisotopic (exact) mass is 215 g/mol. The van der Waals surface area contributed by atoms with Crippen LogP contribution in [0.4, 0.5) is 4.79 Å². The number of piperidine rings is 1. The molecule has 0 saturated carbocycles. The summed E-state index contributed by atoms with van der Waals surface area (Å²) < 4.78 is 5.10. The highest BCUT2D eigenvalue weighted by Crippen LogP contribution is 2.06. The van der Waals surface area contributed by atoms with Crippen LogP contribution in [0.5, 0.6) is 0 Å². The van der Waals surface area contributed by atoms with Crippen molar-refractivity contribution >= 4 is 6.09 Å². The van der Waals surface area contributed by atoms with Crippen LogP contribution in [0.1, 0.15) is 33.6 Å². The van der Waals surface area contributed by atoms with Crippen LogP contribution in [0.15, 0.2) is 0 Å². The third-order valence-electron chi connectivity index (χ3n) is 2.07. The molecule has 0 unspecified atom stereocenters. The zero-order valence-electron chi connectivity index (χ0n) is 9.72. The largest absolute Gasteiger partial charge is 0.443 e. The first kappa shape index (κ1) is 12.3. The van der Waals surface area contributed by atoms with Crippen LogP contribution < -0.4 is 16.2 Å². The minimum atomic E-state index is -0.448. The molecule has 15 heavy (non-hydrogen) atoms. The standard InChI is InChI=1S/C10H21N3O2/c1-10(2,3)15-9(14)13-12-8-5-4-6-11-7-8/h8,11-12H,4-7H2,1-3H3,(H,13,14)/t8-/m1/s1. The quantitative estimate of drug-likeness (QED) is 0.595. The summed E-state index contributed by atoms with van der Waals surface area (Å²) in [6.07, 6.45) is 1.78. The maximum absolute atomic E-state index is 11.3. The lowest BCUT2D eigenvalue weighted by Gasteiger charge is -2.25. The van der Waals surface area contributed by atoms with Gasteiger partial charge < -0.3 is 10.1 Å². The molecule has 0 aliphatic carbocycles. The van der Waals surface area contributed by atoms with Crippen molar-refractivity contribution in [3.63, 3.8) is 0 Å². The number of hydrogen-bond donors (Lipinski definition) is 3. The fourth-order valence-corrected chi connectivity index (χ4v) is 1.44. The first-order chi connectivity index (χ1) is 6.97. The van der Waals surface area contributed by atoms with Crippen LogP contribution in [-0.2, 0) is 4.74 Å². The molecule has 1 heterocycles. The Morgan fingerprint density at radius 2 is 2.20 bits per heavy atom. The molecule has 5 nitrogen and oxygen atoms in total. The Bertz CT molecular complexity index is 207. The second kappa shape index (κ2) is 5.32. The number of carbonyl (C=O) groups excluding carboxylic acids is 1. The number of ether oxygens (including phenoxy) is 1. The topological polar surface area (TPSA) is 62.4 Å². The lowest BCUT2D eigenvalue weighted by Crippen LogP contribution is -2.51. The van der Waals surface area contributed by atoms with E-state index in [-0.39, 0.29) is 0 Å². The number of carbonyl (C=O) groups is 1. The van der Waals surface area contributed by atoms with E-state index in [2.05, 4.69) is 16.2 Å². The molecular formula is C10H21N3O2. The molecule has 0 aromatic heterocycles. The molecule has 0 bridgehead atoms. The molecule has 88 valence electrons. The van der Waals surface area contributed by atoms with Gasteiger partial charge in [-0.1, -0.05) is 0 Å². The normalized spacial score (nSPS) is 22.2. The van der Waals surface area contributed by atoms with E-state index in [0.717, 1.165) is 25.9 Å². The fraction of sp³-hybridized carbons (Fsp3) is 0.900. The van der Waals surface area contributed by atoms with Crippen LogP contribution in [0.25, 0.3) is 0 Å². The van der Waals surface area contributed by atoms with Crippen molar-refractivity contribution in [3.05, 3.63) is 0 Å². The minimum absolute atomic E-state index is 0.297. The summed E-state index contributed by atoms with van der Waals surface area (Å²) in [7, 11) is 0. The number of amides is 1. The number of rotatable bonds is 2. The molecule has 1 saturated heterocycles. The molecule has 0 spiro atoms. The van der Waals surface area contributed by atoms with Gasteiger partial charge in [0.2, 0.25) is 0 Å². The molecule has 1 rings (SSSR count). The van der Waals surface area contributed by atoms with Crippen molar-refractivity contribution in [2.24, 2.45) is 0 Å². The summed E-state index contributed by atoms with van der Waals surface area (Å²) >= 11 is 0. The third kappa shape index (κ3) is 5.59. The Kier molecular flexibility index (Phi) is 4.35. The minimum Gasteiger partial charge on any atom is -0.443 e. The van der Waals surface area contributed by atoms with E-state index in [0.29, 0.717) is 6.04 Å². The van der Waals surface area contributed by atoms with E-state index in [9.17, 15) is 4.79 Å². The van der Waals surface area contributed by atoms with Crippen LogP contribution in [0.3, 0.4) is 0 Å². The third-order valence-corrected chi connectivity index (χ3v) is 2.07. The lowest BCUT2D eigenvalue weighted by atomic mass is 10.1. The van der Waals surface area contributed by atoms with Gasteiger partial charge in [-0.25, -0.2) is 10.2 Å². The van der Waals surface area contributed by atoms with E-state index < -0.39 is 11.7 Å². The Morgan fingerprint density at radius 1 is 1.47 bits per heavy atom. The molecule has 1 fully saturated rings. The highest BCUT2D eigenvalue weighted by molar-refractivity contribution is 5.67. The average molecular weight is 215 g/mol. The Hall–Kier alpha value is -0.810. The molecule has 0 aromatic rings. The van der Waals surface area contributed by atoms with E-state index >= 15 is 0 Å². The van der Waals surface area contributed by atoms with Gasteiger partial charge in [0.25, 0.3) is 0 Å². The zero-order valence-corrected chi connectivity index (χ0v) is 9.72. The maximum atomic E-state index is 11.3. The highest BCUT2D eigenvalue weighted by Gasteiger charge is 2.17. The van der Waals surface area contributed by atoms with Gasteiger partial charge in [0.05, 0.1) is 0 Å². The van der Waals surface area contributed by atoms with Gasteiger partial charge in [-0.15, -0.1) is 0 Å². The van der Waals surface area contributed by atoms with E-state index in [1.165, 1.54) is 0 Å². The molecule has 0 aromatic carbocycles. The van der Waals surface area contributed by atoms with Crippen molar-refractivity contribution < 1.29 is 9.53 Å². The van der Waals surface area contributed by atoms with Gasteiger partial charge in [0.15, 0.2) is 0 Å². The van der Waals surface area contributed by atoms with Crippen LogP contribution in [0.2, 0.25) is 0 Å². The van der Waals surface area contributed by atoms with E-state index in [4.69, 9.17) is 4.74 Å². The second-order valence-corrected chi connectivity index (χ2v) is 4.81. The highest BCUT2D eigenvalue weighted by atomic mass is 16.6. The number of nitrogens with one attached hydrogen (secondary N) is 3. The molecule has 1 aliphatic heterocycles. The number of hydrogen-bond acceptors (Lipinski definition) is 4. The fourth-order valence-electron chi connectivity index (χ4n) is 1.44. The Balaban J connectivity index is 2.15. The van der Waals surface area contributed by atoms with Gasteiger partial charge in [-0.05, 0) is 40.2 Å². The average Bonchev–Trinajstić information content (AvgIpc) is 2.14. The first-order valence-corrected chi connectivity index (χ1v) is 5.42. The molecule has 1 atom stereocenters. The Labute approximate surface area is 90.9 Å². The maximum Gasteiger partial charge on any atom is 0.422 e. The van der Waals surface area contributed by atoms with E-state index in [1.807, 2.05) is 20.8 Å². The predicted molar refractivity (Wildman–Crippen MR) is 58.4 cm³/mol. The van der Waals surface area contributed by atoms with Crippen molar-refractivity contribution in [2.75, 3.05) is 13.1 Å². The van der Waals surface area contributed by atoms with Crippen molar-refractivity contribution in [1.29, 1.82) is 0 Å². The van der Waals surface area contributed by atoms with Gasteiger partial charge in [-0.2, -0.15) is 0 Å². The molecule has 5 heteroatoms. The summed E-state index contributed by atoms with van der Waals surface area (Å²) in [4.78, 5) is 11.3. The van der Waals surface area contributed by atoms with E-state index in [1.54, 1.807) is 0 Å². The summed E-state index contributed by atoms with van der Waals surface area (Å²) in [5.74, 6) is 0. The summed E-state index contributed by atoms with van der Waals surface area (Å²) in [5, 5.41) is 3.25. The van der Waals surface area contributed by atoms with Crippen LogP contribution >= 0.6 is 0 Å². The van der Waals surface area contributed by atoms with Gasteiger partial charge in [-0.3, -0.25) is 5.43 Å². The summed E-state index contributed by atoms with van der Waals surface area (Å²) in [5.41, 5.74) is 5.07. The van der Waals surface area contributed by atoms with Crippen molar-refractivity contribution in [2.45, 2.75) is 45.3 Å². The smallest absolute Gasteiger partial charge is 0.422 e. The van der Waals surface area contributed by atoms with Crippen molar-refractivity contribution in [1.82, 2.24) is 16.2 Å². The van der Waals surface area contributed by atoms with Gasteiger partial charge >= 0.3 is 6.09 Å². The second-order valence-electron chi connectivity index (χ2n) is 4.81. The molecule has 3 N–H and O–H groups in total. The molecule has 1 aliphatic rings. The lowest BCUT2D eigenvalue weighted by molar-refractivity contribution is 0.0484. The predicted octanol–water partition coefficient (Wildman–Crippen LogP) is 0.768.